The van der Waals surface area contributed by atoms with Gasteiger partial charge >= 0.3 is 0 Å². The molecule has 0 radical (unpaired) electrons. The number of nitrogens with one attached hydrogen (secondary N) is 1. The van der Waals surface area contributed by atoms with E-state index in [1.807, 2.05) is 0 Å². The van der Waals surface area contributed by atoms with E-state index in [0.29, 0.717) is 12.1 Å². The van der Waals surface area contributed by atoms with Crippen LogP contribution in [0.5, 0.6) is 0 Å². The molecule has 1 N–H and O–H groups in total. The van der Waals surface area contributed by atoms with Gasteiger partial charge in [-0.15, -0.1) is 0 Å². The number of alkyl halides is 2. The second-order valence-electron chi connectivity index (χ2n) is 6.99. The number of benzene rings is 1. The minimum absolute atomic E-state index is 0.0165. The average Bonchev–Trinajstić information content (AvgIpc) is 2.39. The van der Waals surface area contributed by atoms with E-state index < -0.39 is 15.8 Å². The molecule has 7 heteroatoms. The molecule has 2 saturated carbocycles. The Morgan fingerprint density at radius 3 is 2.26 bits per heavy atom. The van der Waals surface area contributed by atoms with E-state index in [1.54, 1.807) is 0 Å². The Morgan fingerprint density at radius 2 is 1.78 bits per heavy atom. The second-order valence-corrected chi connectivity index (χ2v) is 9.01. The van der Waals surface area contributed by atoms with Gasteiger partial charge in [0, 0.05) is 31.2 Å². The first-order valence-electron chi connectivity index (χ1n) is 7.55. The SMILES string of the molecule is CS(=O)(=O)c1ccc(C(=O)NCC2CC3(C2)CC(F)(F)C3)cc1. The molecule has 1 aromatic rings. The van der Waals surface area contributed by atoms with Crippen LogP contribution in [0, 0.1) is 11.3 Å². The van der Waals surface area contributed by atoms with Gasteiger partial charge in [0.2, 0.25) is 5.92 Å². The van der Waals surface area contributed by atoms with Crippen molar-refractivity contribution in [3.8, 4) is 0 Å². The van der Waals surface area contributed by atoms with Gasteiger partial charge in [0.1, 0.15) is 0 Å². The first-order valence-corrected chi connectivity index (χ1v) is 9.44. The van der Waals surface area contributed by atoms with E-state index >= 15 is 0 Å². The van der Waals surface area contributed by atoms with E-state index in [-0.39, 0.29) is 35.0 Å². The van der Waals surface area contributed by atoms with Gasteiger partial charge in [-0.25, -0.2) is 17.2 Å². The van der Waals surface area contributed by atoms with E-state index in [2.05, 4.69) is 5.32 Å². The molecule has 0 aliphatic heterocycles. The van der Waals surface area contributed by atoms with E-state index in [1.165, 1.54) is 24.3 Å². The highest BCUT2D eigenvalue weighted by Gasteiger charge is 2.61. The zero-order chi connectivity index (χ0) is 16.9. The van der Waals surface area contributed by atoms with Crippen LogP contribution in [0.3, 0.4) is 0 Å². The molecule has 0 unspecified atom stereocenters. The fourth-order valence-corrected chi connectivity index (χ4v) is 4.47. The molecule has 2 fully saturated rings. The first-order chi connectivity index (χ1) is 10.6. The third-order valence-corrected chi connectivity index (χ3v) is 5.94. The molecule has 1 spiro atoms. The summed E-state index contributed by atoms with van der Waals surface area (Å²) in [6.45, 7) is 0.472. The standard InChI is InChI=1S/C16H19F2NO3S/c1-23(21,22)13-4-2-12(3-5-13)14(20)19-8-11-6-15(7-11)9-16(17,18)10-15/h2-5,11H,6-10H2,1H3,(H,19,20). The summed E-state index contributed by atoms with van der Waals surface area (Å²) in [5, 5.41) is 2.79. The molecule has 3 rings (SSSR count). The highest BCUT2D eigenvalue weighted by molar-refractivity contribution is 7.90. The van der Waals surface area contributed by atoms with Crippen LogP contribution < -0.4 is 5.32 Å². The molecule has 0 saturated heterocycles. The summed E-state index contributed by atoms with van der Waals surface area (Å²) in [7, 11) is -3.28. The lowest BCUT2D eigenvalue weighted by Crippen LogP contribution is -2.55. The smallest absolute Gasteiger partial charge is 0.251 e. The summed E-state index contributed by atoms with van der Waals surface area (Å²) in [5.74, 6) is -2.51. The maximum atomic E-state index is 12.9. The van der Waals surface area contributed by atoms with Crippen molar-refractivity contribution in [3.63, 3.8) is 0 Å². The summed E-state index contributed by atoms with van der Waals surface area (Å²) in [4.78, 5) is 12.2. The Bertz CT molecular complexity index is 712. The normalized spacial score (nSPS) is 22.2. The fraction of sp³-hybridized carbons (Fsp3) is 0.562. The maximum absolute atomic E-state index is 12.9. The largest absolute Gasteiger partial charge is 0.352 e. The Balaban J connectivity index is 1.47. The van der Waals surface area contributed by atoms with Gasteiger partial charge in [-0.1, -0.05) is 0 Å². The second kappa shape index (κ2) is 5.26. The fourth-order valence-electron chi connectivity index (χ4n) is 3.84. The molecule has 2 aliphatic carbocycles. The summed E-state index contributed by atoms with van der Waals surface area (Å²) in [6, 6.07) is 5.75. The number of carbonyl (C=O) groups excluding carboxylic acids is 1. The average molecular weight is 343 g/mol. The molecule has 23 heavy (non-hydrogen) atoms. The third kappa shape index (κ3) is 3.39. The van der Waals surface area contributed by atoms with Gasteiger partial charge < -0.3 is 5.32 Å². The van der Waals surface area contributed by atoms with Crippen LogP contribution in [0.1, 0.15) is 36.0 Å². The van der Waals surface area contributed by atoms with Gasteiger partial charge in [0.05, 0.1) is 4.90 Å². The van der Waals surface area contributed by atoms with Crippen molar-refractivity contribution in [3.05, 3.63) is 29.8 Å². The molecular weight excluding hydrogens is 324 g/mol. The lowest BCUT2D eigenvalue weighted by Gasteiger charge is -2.57. The Kier molecular flexibility index (Phi) is 3.74. The summed E-state index contributed by atoms with van der Waals surface area (Å²) < 4.78 is 48.6. The van der Waals surface area contributed by atoms with Gasteiger partial charge in [0.25, 0.3) is 5.91 Å². The number of carbonyl (C=O) groups is 1. The molecule has 0 atom stereocenters. The first kappa shape index (κ1) is 16.4. The number of rotatable bonds is 4. The van der Waals surface area contributed by atoms with Crippen molar-refractivity contribution in [1.29, 1.82) is 0 Å². The minimum atomic E-state index is -3.28. The molecule has 1 aromatic carbocycles. The van der Waals surface area contributed by atoms with Crippen LogP contribution in [-0.2, 0) is 9.84 Å². The quantitative estimate of drug-likeness (QED) is 0.914. The lowest BCUT2D eigenvalue weighted by atomic mass is 9.50. The minimum Gasteiger partial charge on any atom is -0.352 e. The van der Waals surface area contributed by atoms with E-state index in [0.717, 1.165) is 19.1 Å². The van der Waals surface area contributed by atoms with Crippen LogP contribution in [-0.4, -0.2) is 33.0 Å². The molecule has 2 aliphatic rings. The molecule has 4 nitrogen and oxygen atoms in total. The van der Waals surface area contributed by atoms with Crippen molar-refractivity contribution in [2.24, 2.45) is 11.3 Å². The summed E-state index contributed by atoms with van der Waals surface area (Å²) in [5.41, 5.74) is 0.206. The van der Waals surface area contributed by atoms with Crippen LogP contribution >= 0.6 is 0 Å². The number of hydrogen-bond acceptors (Lipinski definition) is 3. The number of amides is 1. The lowest BCUT2D eigenvalue weighted by molar-refractivity contribution is -0.205. The molecule has 0 heterocycles. The highest BCUT2D eigenvalue weighted by Crippen LogP contribution is 2.64. The molecule has 0 aromatic heterocycles. The molecule has 0 bridgehead atoms. The molecule has 126 valence electrons. The zero-order valence-corrected chi connectivity index (χ0v) is 13.6. The van der Waals surface area contributed by atoms with Crippen molar-refractivity contribution in [1.82, 2.24) is 5.32 Å². The Labute approximate surface area is 134 Å². The van der Waals surface area contributed by atoms with Crippen molar-refractivity contribution in [2.45, 2.75) is 36.5 Å². The molecular formula is C16H19F2NO3S. The van der Waals surface area contributed by atoms with Gasteiger partial charge in [-0.3, -0.25) is 4.79 Å². The van der Waals surface area contributed by atoms with Crippen LogP contribution in [0.25, 0.3) is 0 Å². The highest BCUT2D eigenvalue weighted by atomic mass is 32.2. The molecule has 1 amide bonds. The van der Waals surface area contributed by atoms with E-state index in [9.17, 15) is 22.0 Å². The van der Waals surface area contributed by atoms with Crippen LogP contribution in [0.15, 0.2) is 29.2 Å². The van der Waals surface area contributed by atoms with Gasteiger partial charge in [-0.05, 0) is 48.4 Å². The third-order valence-electron chi connectivity index (χ3n) is 4.81. The predicted molar refractivity (Wildman–Crippen MR) is 81.2 cm³/mol. The number of sulfone groups is 1. The van der Waals surface area contributed by atoms with Crippen molar-refractivity contribution < 1.29 is 22.0 Å². The Morgan fingerprint density at radius 1 is 1.22 bits per heavy atom. The number of halogens is 2. The van der Waals surface area contributed by atoms with Gasteiger partial charge in [-0.2, -0.15) is 0 Å². The topological polar surface area (TPSA) is 63.2 Å². The van der Waals surface area contributed by atoms with Crippen molar-refractivity contribution in [2.75, 3.05) is 12.8 Å². The Hall–Kier alpha value is -1.50. The van der Waals surface area contributed by atoms with Crippen LogP contribution in [0.4, 0.5) is 8.78 Å². The van der Waals surface area contributed by atoms with E-state index in [4.69, 9.17) is 0 Å². The van der Waals surface area contributed by atoms with Crippen LogP contribution in [0.2, 0.25) is 0 Å². The van der Waals surface area contributed by atoms with Crippen molar-refractivity contribution >= 4 is 15.7 Å². The predicted octanol–water partition coefficient (Wildman–Crippen LogP) is 2.65. The monoisotopic (exact) mass is 343 g/mol. The summed E-state index contributed by atoms with van der Waals surface area (Å²) >= 11 is 0. The summed E-state index contributed by atoms with van der Waals surface area (Å²) in [6.07, 6.45) is 2.57. The number of hydrogen-bond donors (Lipinski definition) is 1. The maximum Gasteiger partial charge on any atom is 0.251 e. The zero-order valence-electron chi connectivity index (χ0n) is 12.8. The van der Waals surface area contributed by atoms with Gasteiger partial charge in [0.15, 0.2) is 9.84 Å².